The van der Waals surface area contributed by atoms with Crippen molar-refractivity contribution in [1.29, 1.82) is 0 Å². The van der Waals surface area contributed by atoms with Crippen LogP contribution >= 0.6 is 0 Å². The first kappa shape index (κ1) is 80.4. The van der Waals surface area contributed by atoms with Gasteiger partial charge >= 0.3 is 12.1 Å². The number of halogens is 3. The molecule has 0 unspecified atom stereocenters. The van der Waals surface area contributed by atoms with Gasteiger partial charge in [0, 0.05) is 0 Å². The number of aliphatic carboxylic acids is 1. The van der Waals surface area contributed by atoms with Crippen LogP contribution in [0.25, 0.3) is 0 Å². The largest absolute Gasteiger partial charge is 0.490 e. The smallest absolute Gasteiger partial charge is 0.475 e. The number of hydrogen-bond donors (Lipinski definition) is 1. The van der Waals surface area contributed by atoms with Gasteiger partial charge in [-0.05, 0) is 0 Å². The number of carboxylic acids is 1. The molecule has 0 aliphatic carbocycles. The molecule has 0 aliphatic rings. The number of carboxylic acid groups (broad SMARTS) is 1. The maximum absolute atomic E-state index is 10.6. The van der Waals surface area contributed by atoms with E-state index >= 15 is 0 Å². The summed E-state index contributed by atoms with van der Waals surface area (Å²) in [5.74, 6) is -2.76. The molecule has 0 fully saturated rings. The fourth-order valence-electron chi connectivity index (χ4n) is 7.24. The molecule has 0 heterocycles. The van der Waals surface area contributed by atoms with Gasteiger partial charge in [-0.2, -0.15) is 13.2 Å². The molecule has 0 amide bonds. The van der Waals surface area contributed by atoms with Gasteiger partial charge in [-0.1, -0.05) is 391 Å². The van der Waals surface area contributed by atoms with E-state index in [1.54, 1.807) is 0 Å². The van der Waals surface area contributed by atoms with Crippen LogP contribution in [0.3, 0.4) is 0 Å². The van der Waals surface area contributed by atoms with Crippen molar-refractivity contribution in [1.82, 2.24) is 0 Å². The highest BCUT2D eigenvalue weighted by Crippen LogP contribution is 2.14. The molecule has 67 heavy (non-hydrogen) atoms. The van der Waals surface area contributed by atoms with Gasteiger partial charge in [0.05, 0.1) is 0 Å². The zero-order chi connectivity index (χ0) is 52.0. The lowest BCUT2D eigenvalue weighted by atomic mass is 10.1. The molecule has 0 radical (unpaired) electrons. The average Bonchev–Trinajstić information content (AvgIpc) is 3.32. The van der Waals surface area contributed by atoms with Crippen molar-refractivity contribution < 1.29 is 23.1 Å². The van der Waals surface area contributed by atoms with Crippen molar-refractivity contribution in [3.8, 4) is 0 Å². The van der Waals surface area contributed by atoms with Gasteiger partial charge < -0.3 is 5.11 Å². The van der Waals surface area contributed by atoms with Gasteiger partial charge in [-0.25, -0.2) is 4.79 Å². The third-order valence-corrected chi connectivity index (χ3v) is 12.0. The number of unbranched alkanes of at least 4 members (excludes halogenated alkanes) is 42. The van der Waals surface area contributed by atoms with Gasteiger partial charge in [0.15, 0.2) is 0 Å². The van der Waals surface area contributed by atoms with E-state index in [9.17, 15) is 13.2 Å². The second-order valence-electron chi connectivity index (χ2n) is 19.5. The van der Waals surface area contributed by atoms with Crippen LogP contribution in [-0.2, 0) is 4.79 Å². The van der Waals surface area contributed by atoms with Gasteiger partial charge in [0.25, 0.3) is 0 Å². The van der Waals surface area contributed by atoms with Crippen molar-refractivity contribution in [3.63, 3.8) is 0 Å². The lowest BCUT2D eigenvalue weighted by Crippen LogP contribution is -2.21. The Morgan fingerprint density at radius 1 is 0.224 bits per heavy atom. The van der Waals surface area contributed by atoms with Gasteiger partial charge in [0.2, 0.25) is 0 Å². The minimum absolute atomic E-state index is 1.37. The summed E-state index contributed by atoms with van der Waals surface area (Å²) in [4.78, 5) is 8.90. The number of alkyl halides is 3. The molecule has 0 aromatic heterocycles. The normalized spacial score (nSPS) is 10.3. The number of rotatable bonds is 42. The van der Waals surface area contributed by atoms with Crippen molar-refractivity contribution in [3.05, 3.63) is 0 Å². The fraction of sp³-hybridized carbons (Fsp3) is 0.984. The van der Waals surface area contributed by atoms with Crippen LogP contribution in [0.15, 0.2) is 0 Å². The van der Waals surface area contributed by atoms with Crippen molar-refractivity contribution >= 4 is 5.97 Å². The van der Waals surface area contributed by atoms with Crippen LogP contribution in [0.1, 0.15) is 391 Å². The van der Waals surface area contributed by atoms with Gasteiger partial charge in [-0.15, -0.1) is 0 Å². The minimum Gasteiger partial charge on any atom is -0.475 e. The minimum atomic E-state index is -5.08. The summed E-state index contributed by atoms with van der Waals surface area (Å²) < 4.78 is 31.7. The Bertz CT molecular complexity index is 554. The summed E-state index contributed by atoms with van der Waals surface area (Å²) in [6.45, 7) is 27.2. The van der Waals surface area contributed by atoms with Crippen LogP contribution in [0, 0.1) is 0 Å². The maximum Gasteiger partial charge on any atom is 0.490 e. The zero-order valence-electron chi connectivity index (χ0n) is 48.9. The third kappa shape index (κ3) is 117. The van der Waals surface area contributed by atoms with E-state index in [1.165, 1.54) is 308 Å². The Morgan fingerprint density at radius 3 is 0.328 bits per heavy atom. The Hall–Kier alpha value is -0.740. The van der Waals surface area contributed by atoms with E-state index in [0.717, 1.165) is 0 Å². The molecule has 0 saturated heterocycles. The lowest BCUT2D eigenvalue weighted by Gasteiger charge is -1.97. The Kier molecular flexibility index (Phi) is 102. The van der Waals surface area contributed by atoms with Gasteiger partial charge in [0.1, 0.15) is 0 Å². The van der Waals surface area contributed by atoms with Crippen molar-refractivity contribution in [2.45, 2.75) is 397 Å². The standard InChI is InChI=1S/6C10H22.C2HF3O2/c6*1-3-5-7-9-10-8-6-4-2;3-2(4,5)1(6)7/h6*3-10H2,1-2H3;(H,6,7). The molecule has 0 atom stereocenters. The summed E-state index contributed by atoms with van der Waals surface area (Å²) >= 11 is 0. The van der Waals surface area contributed by atoms with Crippen LogP contribution in [0.4, 0.5) is 13.2 Å². The van der Waals surface area contributed by atoms with Crippen LogP contribution in [0.5, 0.6) is 0 Å². The first-order valence-electron chi connectivity index (χ1n) is 30.7. The van der Waals surface area contributed by atoms with E-state index in [4.69, 9.17) is 9.90 Å². The summed E-state index contributed by atoms with van der Waals surface area (Å²) in [7, 11) is 0. The molecule has 1 N–H and O–H groups in total. The Labute approximate surface area is 424 Å². The molecule has 0 aliphatic heterocycles. The monoisotopic (exact) mass is 967 g/mol. The van der Waals surface area contributed by atoms with Crippen molar-refractivity contribution in [2.75, 3.05) is 0 Å². The molecule has 0 rings (SSSR count). The maximum atomic E-state index is 10.6. The lowest BCUT2D eigenvalue weighted by molar-refractivity contribution is -0.192. The molecule has 0 aromatic carbocycles. The predicted octanol–water partition coefficient (Wildman–Crippen LogP) is 25.5. The van der Waals surface area contributed by atoms with E-state index in [-0.39, 0.29) is 0 Å². The molecule has 5 heteroatoms. The molecule has 0 bridgehead atoms. The second-order valence-corrected chi connectivity index (χ2v) is 19.5. The summed E-state index contributed by atoms with van der Waals surface area (Å²) in [5.41, 5.74) is 0. The molecule has 2 nitrogen and oxygen atoms in total. The van der Waals surface area contributed by atoms with E-state index in [1.807, 2.05) is 0 Å². The highest BCUT2D eigenvalue weighted by atomic mass is 19.4. The van der Waals surface area contributed by atoms with Crippen LogP contribution in [0.2, 0.25) is 0 Å². The second kappa shape index (κ2) is 85.1. The first-order chi connectivity index (χ1) is 32.4. The summed E-state index contributed by atoms with van der Waals surface area (Å²) in [6.07, 6.45) is 63.7. The highest BCUT2D eigenvalue weighted by Gasteiger charge is 2.38. The SMILES string of the molecule is CCCCCCCCCC.CCCCCCCCCC.CCCCCCCCCC.CCCCCCCCCC.CCCCCCCCCC.CCCCCCCCCC.O=C(O)C(F)(F)F. The topological polar surface area (TPSA) is 37.3 Å². The highest BCUT2D eigenvalue weighted by molar-refractivity contribution is 5.73. The molecule has 0 spiro atoms. The van der Waals surface area contributed by atoms with Crippen molar-refractivity contribution in [2.24, 2.45) is 0 Å². The number of hydrogen-bond acceptors (Lipinski definition) is 1. The number of carbonyl (C=O) groups is 1. The Balaban J connectivity index is -0.000000126. The summed E-state index contributed by atoms with van der Waals surface area (Å²) in [6, 6.07) is 0. The van der Waals surface area contributed by atoms with E-state index < -0.39 is 12.1 Å². The van der Waals surface area contributed by atoms with E-state index in [2.05, 4.69) is 83.1 Å². The predicted molar refractivity (Wildman–Crippen MR) is 303 cm³/mol. The van der Waals surface area contributed by atoms with Gasteiger partial charge in [-0.3, -0.25) is 0 Å². The first-order valence-corrected chi connectivity index (χ1v) is 30.7. The molecule has 0 aromatic rings. The quantitative estimate of drug-likeness (QED) is 0.0619. The van der Waals surface area contributed by atoms with Crippen LogP contribution in [-0.4, -0.2) is 17.3 Å². The molecular formula is C62H133F3O2. The average molecular weight is 968 g/mol. The molecule has 414 valence electrons. The fourth-order valence-corrected chi connectivity index (χ4v) is 7.24. The third-order valence-electron chi connectivity index (χ3n) is 12.0. The zero-order valence-corrected chi connectivity index (χ0v) is 48.9. The van der Waals surface area contributed by atoms with E-state index in [0.29, 0.717) is 0 Å². The van der Waals surface area contributed by atoms with Crippen LogP contribution < -0.4 is 0 Å². The molecular weight excluding hydrogens is 834 g/mol. The summed E-state index contributed by atoms with van der Waals surface area (Å²) in [5, 5.41) is 7.12. The Morgan fingerprint density at radius 2 is 0.284 bits per heavy atom. The molecule has 0 saturated carbocycles.